The molecule has 0 aliphatic heterocycles. The predicted octanol–water partition coefficient (Wildman–Crippen LogP) is 2.72. The van der Waals surface area contributed by atoms with Crippen LogP contribution in [-0.4, -0.2) is 7.11 Å². The minimum Gasteiger partial charge on any atom is -0.493 e. The number of ether oxygens (including phenoxy) is 1. The van der Waals surface area contributed by atoms with Crippen LogP contribution in [0.15, 0.2) is 59.4 Å². The summed E-state index contributed by atoms with van der Waals surface area (Å²) in [6.07, 6.45) is 0. The van der Waals surface area contributed by atoms with Crippen molar-refractivity contribution in [3.63, 3.8) is 0 Å². The first-order valence-corrected chi connectivity index (χ1v) is 5.05. The van der Waals surface area contributed by atoms with E-state index in [0.717, 1.165) is 11.1 Å². The Morgan fingerprint density at radius 3 is 2.12 bits per heavy atom. The van der Waals surface area contributed by atoms with Crippen LogP contribution < -0.4 is 10.2 Å². The lowest BCUT2D eigenvalue weighted by molar-refractivity contribution is 0.411. The van der Waals surface area contributed by atoms with Crippen LogP contribution in [0.3, 0.4) is 0 Å². The zero-order valence-corrected chi connectivity index (χ0v) is 9.01. The number of hydrogen-bond donors (Lipinski definition) is 0. The maximum absolute atomic E-state index is 11.5. The van der Waals surface area contributed by atoms with E-state index in [-0.39, 0.29) is 5.43 Å². The SMILES string of the molecule is COc1ccc(-c2ccccc2)ccc1=O. The predicted molar refractivity (Wildman–Crippen MR) is 64.7 cm³/mol. The lowest BCUT2D eigenvalue weighted by atomic mass is 10.1. The van der Waals surface area contributed by atoms with Crippen LogP contribution in [0.5, 0.6) is 5.75 Å². The van der Waals surface area contributed by atoms with Gasteiger partial charge in [-0.05, 0) is 23.3 Å². The lowest BCUT2D eigenvalue weighted by Gasteiger charge is -1.96. The van der Waals surface area contributed by atoms with Gasteiger partial charge in [-0.15, -0.1) is 0 Å². The molecular formula is C14H12O2. The molecule has 0 aliphatic rings. The lowest BCUT2D eigenvalue weighted by Crippen LogP contribution is -1.98. The Balaban J connectivity index is 2.54. The topological polar surface area (TPSA) is 26.3 Å². The highest BCUT2D eigenvalue weighted by molar-refractivity contribution is 5.62. The molecule has 0 saturated carbocycles. The highest BCUT2D eigenvalue weighted by Crippen LogP contribution is 2.17. The van der Waals surface area contributed by atoms with Gasteiger partial charge in [-0.2, -0.15) is 0 Å². The van der Waals surface area contributed by atoms with E-state index in [1.165, 1.54) is 13.2 Å². The fourth-order valence-corrected chi connectivity index (χ4v) is 1.54. The molecule has 2 heteroatoms. The number of rotatable bonds is 2. The van der Waals surface area contributed by atoms with Crippen molar-refractivity contribution < 1.29 is 4.74 Å². The molecular weight excluding hydrogens is 200 g/mol. The molecule has 16 heavy (non-hydrogen) atoms. The van der Waals surface area contributed by atoms with Crippen LogP contribution >= 0.6 is 0 Å². The molecule has 80 valence electrons. The van der Waals surface area contributed by atoms with Gasteiger partial charge in [0.25, 0.3) is 0 Å². The van der Waals surface area contributed by atoms with E-state index in [1.807, 2.05) is 36.4 Å². The Morgan fingerprint density at radius 2 is 1.44 bits per heavy atom. The molecule has 2 aromatic rings. The summed E-state index contributed by atoms with van der Waals surface area (Å²) < 4.78 is 4.98. The average Bonchev–Trinajstić information content (AvgIpc) is 2.52. The summed E-state index contributed by atoms with van der Waals surface area (Å²) in [6.45, 7) is 0. The molecule has 0 spiro atoms. The molecule has 0 radical (unpaired) electrons. The van der Waals surface area contributed by atoms with Crippen molar-refractivity contribution in [3.05, 3.63) is 64.8 Å². The van der Waals surface area contributed by atoms with Crippen molar-refractivity contribution in [2.75, 3.05) is 7.11 Å². The Bertz CT molecular complexity index is 533. The Morgan fingerprint density at radius 1 is 0.812 bits per heavy atom. The molecule has 0 heterocycles. The van der Waals surface area contributed by atoms with Crippen molar-refractivity contribution in [1.82, 2.24) is 0 Å². The zero-order valence-electron chi connectivity index (χ0n) is 9.01. The van der Waals surface area contributed by atoms with Crippen LogP contribution in [0.2, 0.25) is 0 Å². The summed E-state index contributed by atoms with van der Waals surface area (Å²) in [7, 11) is 1.50. The summed E-state index contributed by atoms with van der Waals surface area (Å²) in [4.78, 5) is 11.5. The molecule has 0 saturated heterocycles. The first kappa shape index (κ1) is 10.4. The summed E-state index contributed by atoms with van der Waals surface area (Å²) in [5.41, 5.74) is 1.98. The van der Waals surface area contributed by atoms with E-state index >= 15 is 0 Å². The standard InChI is InChI=1S/C14H12O2/c1-16-14-10-8-12(7-9-13(14)15)11-5-3-2-4-6-11/h2-10H,1H3. The van der Waals surface area contributed by atoms with E-state index in [1.54, 1.807) is 12.1 Å². The highest BCUT2D eigenvalue weighted by atomic mass is 16.5. The minimum absolute atomic E-state index is 0.107. The zero-order chi connectivity index (χ0) is 11.4. The van der Waals surface area contributed by atoms with Crippen LogP contribution in [0.25, 0.3) is 11.1 Å². The molecule has 0 bridgehead atoms. The number of methoxy groups -OCH3 is 1. The monoisotopic (exact) mass is 212 g/mol. The summed E-state index contributed by atoms with van der Waals surface area (Å²) in [5.74, 6) is 0.363. The Labute approximate surface area is 94.1 Å². The molecule has 2 aromatic carbocycles. The van der Waals surface area contributed by atoms with E-state index < -0.39 is 0 Å². The quantitative estimate of drug-likeness (QED) is 0.765. The Hall–Kier alpha value is -2.09. The minimum atomic E-state index is -0.107. The fourth-order valence-electron chi connectivity index (χ4n) is 1.54. The van der Waals surface area contributed by atoms with Gasteiger partial charge >= 0.3 is 0 Å². The summed E-state index contributed by atoms with van der Waals surface area (Å²) in [5, 5.41) is 0. The van der Waals surface area contributed by atoms with Gasteiger partial charge in [0.2, 0.25) is 5.43 Å². The smallest absolute Gasteiger partial charge is 0.220 e. The van der Waals surface area contributed by atoms with Gasteiger partial charge < -0.3 is 4.74 Å². The molecule has 0 aromatic heterocycles. The van der Waals surface area contributed by atoms with Gasteiger partial charge in [-0.1, -0.05) is 42.5 Å². The second kappa shape index (κ2) is 4.62. The maximum Gasteiger partial charge on any atom is 0.220 e. The van der Waals surface area contributed by atoms with E-state index in [4.69, 9.17) is 4.74 Å². The largest absolute Gasteiger partial charge is 0.493 e. The van der Waals surface area contributed by atoms with Crippen molar-refractivity contribution in [3.8, 4) is 16.9 Å². The van der Waals surface area contributed by atoms with Gasteiger partial charge in [0.15, 0.2) is 5.75 Å². The first-order valence-electron chi connectivity index (χ1n) is 5.05. The van der Waals surface area contributed by atoms with Gasteiger partial charge in [0, 0.05) is 0 Å². The third-order valence-corrected chi connectivity index (χ3v) is 2.40. The van der Waals surface area contributed by atoms with Crippen molar-refractivity contribution in [2.45, 2.75) is 0 Å². The van der Waals surface area contributed by atoms with E-state index in [2.05, 4.69) is 0 Å². The maximum atomic E-state index is 11.5. The molecule has 0 aliphatic carbocycles. The van der Waals surface area contributed by atoms with Gasteiger partial charge in [0.1, 0.15) is 0 Å². The van der Waals surface area contributed by atoms with E-state index in [9.17, 15) is 4.79 Å². The molecule has 0 amide bonds. The molecule has 0 fully saturated rings. The van der Waals surface area contributed by atoms with Crippen LogP contribution in [0.1, 0.15) is 0 Å². The molecule has 2 nitrogen and oxygen atoms in total. The van der Waals surface area contributed by atoms with Crippen LogP contribution in [0.4, 0.5) is 0 Å². The molecule has 0 atom stereocenters. The average molecular weight is 212 g/mol. The third-order valence-electron chi connectivity index (χ3n) is 2.40. The molecule has 0 unspecified atom stereocenters. The van der Waals surface area contributed by atoms with Crippen molar-refractivity contribution in [2.24, 2.45) is 0 Å². The Kier molecular flexibility index (Phi) is 3.01. The number of hydrogen-bond acceptors (Lipinski definition) is 2. The second-order valence-corrected chi connectivity index (χ2v) is 3.42. The second-order valence-electron chi connectivity index (χ2n) is 3.42. The van der Waals surface area contributed by atoms with Crippen molar-refractivity contribution >= 4 is 0 Å². The van der Waals surface area contributed by atoms with Crippen LogP contribution in [-0.2, 0) is 0 Å². The van der Waals surface area contributed by atoms with Gasteiger partial charge in [-0.3, -0.25) is 4.79 Å². The van der Waals surface area contributed by atoms with Crippen molar-refractivity contribution in [1.29, 1.82) is 0 Å². The first-order chi connectivity index (χ1) is 7.81. The van der Waals surface area contributed by atoms with E-state index in [0.29, 0.717) is 5.75 Å². The highest BCUT2D eigenvalue weighted by Gasteiger charge is 1.98. The summed E-state index contributed by atoms with van der Waals surface area (Å²) >= 11 is 0. The van der Waals surface area contributed by atoms with Gasteiger partial charge in [-0.25, -0.2) is 0 Å². The number of benzene rings is 1. The molecule has 0 N–H and O–H groups in total. The summed E-state index contributed by atoms with van der Waals surface area (Å²) in [6, 6.07) is 16.8. The molecule has 2 rings (SSSR count). The fraction of sp³-hybridized carbons (Fsp3) is 0.0714. The van der Waals surface area contributed by atoms with Gasteiger partial charge in [0.05, 0.1) is 7.11 Å². The normalized spacial score (nSPS) is 9.81. The third kappa shape index (κ3) is 2.11. The van der Waals surface area contributed by atoms with Crippen LogP contribution in [0, 0.1) is 0 Å².